The molecule has 0 aliphatic rings. The minimum atomic E-state index is -1.24. The number of carbonyl (C=O) groups excluding carboxylic acids is 4. The number of ether oxygens (including phenoxy) is 2. The molecule has 0 aliphatic carbocycles. The van der Waals surface area contributed by atoms with Crippen molar-refractivity contribution in [3.8, 4) is 0 Å². The summed E-state index contributed by atoms with van der Waals surface area (Å²) < 4.78 is 10.4. The van der Waals surface area contributed by atoms with E-state index >= 15 is 0 Å². The van der Waals surface area contributed by atoms with Crippen LogP contribution in [0.25, 0.3) is 0 Å². The van der Waals surface area contributed by atoms with Gasteiger partial charge in [0.25, 0.3) is 0 Å². The number of aryl methyl sites for hydroxylation is 1. The van der Waals surface area contributed by atoms with Crippen LogP contribution < -0.4 is 5.32 Å². The van der Waals surface area contributed by atoms with Gasteiger partial charge in [-0.15, -0.1) is 0 Å². The summed E-state index contributed by atoms with van der Waals surface area (Å²) in [6.07, 6.45) is 1.04. The lowest BCUT2D eigenvalue weighted by atomic mass is 9.91. The molecule has 9 heteroatoms. The van der Waals surface area contributed by atoms with Gasteiger partial charge in [-0.1, -0.05) is 44.2 Å². The van der Waals surface area contributed by atoms with E-state index in [0.29, 0.717) is 19.3 Å². The van der Waals surface area contributed by atoms with Crippen LogP contribution in [0.4, 0.5) is 0 Å². The average molecular weight is 534 g/mol. The maximum absolute atomic E-state index is 13.2. The third-order valence-corrected chi connectivity index (χ3v) is 5.70. The van der Waals surface area contributed by atoms with Crippen LogP contribution in [0.15, 0.2) is 30.3 Å². The zero-order valence-corrected chi connectivity index (χ0v) is 23.5. The number of carboxylic acid groups (broad SMARTS) is 1. The van der Waals surface area contributed by atoms with E-state index in [1.165, 1.54) is 6.92 Å². The van der Waals surface area contributed by atoms with E-state index < -0.39 is 53.7 Å². The molecule has 1 amide bonds. The molecule has 0 bridgehead atoms. The second-order valence-corrected chi connectivity index (χ2v) is 11.1. The minimum absolute atomic E-state index is 0.0477. The fraction of sp³-hybridized carbons (Fsp3) is 0.621. The molecule has 0 aliphatic heterocycles. The summed E-state index contributed by atoms with van der Waals surface area (Å²) in [5.41, 5.74) is 0.339. The maximum Gasteiger partial charge on any atom is 0.332 e. The standard InChI is InChI=1S/C29H43NO8/c1-19(2)14-24(25(32)16-23(28(35)36)17-37-18-26(33)38-29(4,5)6)30-27(34)22(15-20(3)31)13-12-21-10-8-7-9-11-21/h7-11,19,22-24H,12-18H2,1-6H3,(H,30,34)(H,35,36)/t22-,23+,24+/m1/s1. The van der Waals surface area contributed by atoms with Crippen LogP contribution in [-0.2, 0) is 39.9 Å². The lowest BCUT2D eigenvalue weighted by Crippen LogP contribution is -2.46. The van der Waals surface area contributed by atoms with E-state index in [0.717, 1.165) is 5.56 Å². The van der Waals surface area contributed by atoms with E-state index in [1.54, 1.807) is 20.8 Å². The number of esters is 1. The van der Waals surface area contributed by atoms with Crippen molar-refractivity contribution in [2.75, 3.05) is 13.2 Å². The highest BCUT2D eigenvalue weighted by Gasteiger charge is 2.31. The largest absolute Gasteiger partial charge is 0.481 e. The smallest absolute Gasteiger partial charge is 0.332 e. The molecular formula is C29H43NO8. The summed E-state index contributed by atoms with van der Waals surface area (Å²) >= 11 is 0. The van der Waals surface area contributed by atoms with Crippen LogP contribution in [0.3, 0.4) is 0 Å². The number of benzene rings is 1. The second-order valence-electron chi connectivity index (χ2n) is 11.1. The number of carbonyl (C=O) groups is 5. The summed E-state index contributed by atoms with van der Waals surface area (Å²) in [7, 11) is 0. The van der Waals surface area contributed by atoms with E-state index in [2.05, 4.69) is 5.32 Å². The monoisotopic (exact) mass is 533 g/mol. The lowest BCUT2D eigenvalue weighted by Gasteiger charge is -2.24. The minimum Gasteiger partial charge on any atom is -0.481 e. The van der Waals surface area contributed by atoms with Gasteiger partial charge < -0.3 is 24.7 Å². The van der Waals surface area contributed by atoms with Crippen LogP contribution in [-0.4, -0.2) is 59.4 Å². The molecule has 38 heavy (non-hydrogen) atoms. The van der Waals surface area contributed by atoms with Crippen LogP contribution in [0, 0.1) is 17.8 Å². The molecule has 1 aromatic carbocycles. The summed E-state index contributed by atoms with van der Waals surface area (Å²) in [6, 6.07) is 8.71. The first-order valence-electron chi connectivity index (χ1n) is 13.1. The Morgan fingerprint density at radius 1 is 0.974 bits per heavy atom. The lowest BCUT2D eigenvalue weighted by molar-refractivity contribution is -0.162. The van der Waals surface area contributed by atoms with Crippen molar-refractivity contribution in [3.05, 3.63) is 35.9 Å². The van der Waals surface area contributed by atoms with Gasteiger partial charge in [0.2, 0.25) is 5.91 Å². The van der Waals surface area contributed by atoms with E-state index in [1.807, 2.05) is 44.2 Å². The summed E-state index contributed by atoms with van der Waals surface area (Å²) in [5.74, 6) is -4.60. The van der Waals surface area contributed by atoms with Crippen molar-refractivity contribution in [3.63, 3.8) is 0 Å². The van der Waals surface area contributed by atoms with Crippen molar-refractivity contribution < 1.29 is 38.6 Å². The van der Waals surface area contributed by atoms with Crippen LogP contribution in [0.5, 0.6) is 0 Å². The third kappa shape index (κ3) is 14.0. The number of carboxylic acids is 1. The highest BCUT2D eigenvalue weighted by molar-refractivity contribution is 5.93. The summed E-state index contributed by atoms with van der Waals surface area (Å²) in [4.78, 5) is 61.8. The Hall–Kier alpha value is -3.07. The molecule has 2 N–H and O–H groups in total. The number of nitrogens with one attached hydrogen (secondary N) is 1. The van der Waals surface area contributed by atoms with Gasteiger partial charge in [-0.05, 0) is 58.4 Å². The van der Waals surface area contributed by atoms with Gasteiger partial charge >= 0.3 is 11.9 Å². The normalized spacial score (nSPS) is 13.9. The second kappa shape index (κ2) is 16.0. The van der Waals surface area contributed by atoms with Gasteiger partial charge in [-0.2, -0.15) is 0 Å². The molecule has 0 saturated heterocycles. The first kappa shape index (κ1) is 33.0. The molecule has 1 aromatic rings. The van der Waals surface area contributed by atoms with Gasteiger partial charge in [-0.3, -0.25) is 14.4 Å². The predicted octanol–water partition coefficient (Wildman–Crippen LogP) is 3.76. The quantitative estimate of drug-likeness (QED) is 0.289. The zero-order chi connectivity index (χ0) is 28.9. The van der Waals surface area contributed by atoms with Crippen molar-refractivity contribution in [1.29, 1.82) is 0 Å². The molecule has 0 aromatic heterocycles. The van der Waals surface area contributed by atoms with E-state index in [-0.39, 0.29) is 31.1 Å². The van der Waals surface area contributed by atoms with Crippen LogP contribution >= 0.6 is 0 Å². The fourth-order valence-corrected chi connectivity index (χ4v) is 3.95. The van der Waals surface area contributed by atoms with Gasteiger partial charge in [0.05, 0.1) is 18.6 Å². The summed E-state index contributed by atoms with van der Waals surface area (Å²) in [6.45, 7) is 9.54. The number of amides is 1. The highest BCUT2D eigenvalue weighted by Crippen LogP contribution is 2.18. The Morgan fingerprint density at radius 3 is 2.13 bits per heavy atom. The average Bonchev–Trinajstić information content (AvgIpc) is 2.79. The Balaban J connectivity index is 2.85. The highest BCUT2D eigenvalue weighted by atomic mass is 16.6. The first-order valence-corrected chi connectivity index (χ1v) is 13.1. The first-order chi connectivity index (χ1) is 17.7. The molecule has 0 fully saturated rings. The SMILES string of the molecule is CC(=O)C[C@@H](CCc1ccccc1)C(=O)N[C@@H](CC(C)C)C(=O)C[C@@H](COCC(=O)OC(C)(C)C)C(=O)O. The van der Waals surface area contributed by atoms with Gasteiger partial charge in [0.15, 0.2) is 5.78 Å². The Kier molecular flexibility index (Phi) is 13.9. The molecule has 212 valence electrons. The van der Waals surface area contributed by atoms with Gasteiger partial charge in [-0.25, -0.2) is 4.79 Å². The Bertz CT molecular complexity index is 936. The van der Waals surface area contributed by atoms with Gasteiger partial charge in [0, 0.05) is 18.8 Å². The van der Waals surface area contributed by atoms with E-state index in [9.17, 15) is 29.1 Å². The number of Topliss-reactive ketones (excluding diaryl/α,β-unsaturated/α-hetero) is 2. The number of ketones is 2. The molecule has 0 heterocycles. The Morgan fingerprint density at radius 2 is 1.61 bits per heavy atom. The van der Waals surface area contributed by atoms with Crippen molar-refractivity contribution in [2.45, 2.75) is 85.3 Å². The zero-order valence-electron chi connectivity index (χ0n) is 23.5. The van der Waals surface area contributed by atoms with Crippen molar-refractivity contribution in [1.82, 2.24) is 5.32 Å². The maximum atomic E-state index is 13.2. The number of aliphatic carboxylic acids is 1. The molecule has 9 nitrogen and oxygen atoms in total. The topological polar surface area (TPSA) is 136 Å². The van der Waals surface area contributed by atoms with Crippen molar-refractivity contribution in [2.24, 2.45) is 17.8 Å². The molecule has 0 spiro atoms. The number of hydrogen-bond donors (Lipinski definition) is 2. The number of hydrogen-bond acceptors (Lipinski definition) is 7. The number of rotatable bonds is 17. The molecule has 1 rings (SSSR count). The van der Waals surface area contributed by atoms with E-state index in [4.69, 9.17) is 9.47 Å². The summed E-state index contributed by atoms with van der Waals surface area (Å²) in [5, 5.41) is 12.4. The molecular weight excluding hydrogens is 490 g/mol. The molecule has 0 unspecified atom stereocenters. The fourth-order valence-electron chi connectivity index (χ4n) is 3.95. The van der Waals surface area contributed by atoms with Crippen molar-refractivity contribution >= 4 is 29.4 Å². The predicted molar refractivity (Wildman–Crippen MR) is 142 cm³/mol. The molecule has 0 saturated carbocycles. The van der Waals surface area contributed by atoms with Gasteiger partial charge in [0.1, 0.15) is 18.0 Å². The van der Waals surface area contributed by atoms with Crippen LogP contribution in [0.2, 0.25) is 0 Å². The molecule has 3 atom stereocenters. The molecule has 0 radical (unpaired) electrons. The van der Waals surface area contributed by atoms with Crippen LogP contribution in [0.1, 0.15) is 72.8 Å². The third-order valence-electron chi connectivity index (χ3n) is 5.70. The Labute approximate surface area is 225 Å².